The van der Waals surface area contributed by atoms with E-state index in [0.717, 1.165) is 67.8 Å². The molecule has 5 heteroatoms. The Labute approximate surface area is 499 Å². The summed E-state index contributed by atoms with van der Waals surface area (Å²) in [4.78, 5) is 7.68. The van der Waals surface area contributed by atoms with Gasteiger partial charge in [0.05, 0.1) is 22.7 Å². The van der Waals surface area contributed by atoms with E-state index >= 15 is 0 Å². The summed E-state index contributed by atoms with van der Waals surface area (Å²) < 4.78 is 7.76. The highest BCUT2D eigenvalue weighted by Gasteiger charge is 2.48. The zero-order chi connectivity index (χ0) is 59.9. The molecule has 2 aliphatic heterocycles. The molecule has 0 unspecified atom stereocenters. The molecule has 0 fully saturated rings. The average Bonchev–Trinajstić information content (AvgIpc) is 3.43. The predicted octanol–water partition coefficient (Wildman–Crippen LogP) is 20.7. The Kier molecular flexibility index (Phi) is 13.7. The van der Waals surface area contributed by atoms with Crippen molar-refractivity contribution in [3.8, 4) is 11.1 Å². The van der Waals surface area contributed by atoms with Crippen molar-refractivity contribution in [3.05, 3.63) is 203 Å². The maximum Gasteiger partial charge on any atom is 0.297 e. The number of anilines is 9. The van der Waals surface area contributed by atoms with Crippen LogP contribution in [0.2, 0.25) is 0 Å². The second-order valence-electron chi connectivity index (χ2n) is 31.3. The lowest BCUT2D eigenvalue weighted by Gasteiger charge is -2.44. The summed E-state index contributed by atoms with van der Waals surface area (Å²) in [5.41, 5.74) is 25.2. The molecule has 0 radical (unpaired) electrons. The normalized spacial score (nSPS) is 14.0. The number of benzene rings is 8. The maximum absolute atomic E-state index is 7.76. The molecule has 0 saturated heterocycles. The zero-order valence-corrected chi connectivity index (χ0v) is 53.9. The second kappa shape index (κ2) is 19.7. The number of rotatable bonds is 6. The maximum atomic E-state index is 7.76. The highest BCUT2D eigenvalue weighted by atomic mass is 16.3. The molecule has 4 nitrogen and oxygen atoms in total. The van der Waals surface area contributed by atoms with Gasteiger partial charge in [-0.25, -0.2) is 0 Å². The fourth-order valence-corrected chi connectivity index (χ4v) is 12.6. The van der Waals surface area contributed by atoms with Crippen LogP contribution in [0.5, 0.6) is 0 Å². The van der Waals surface area contributed by atoms with Gasteiger partial charge in [0.25, 0.3) is 6.71 Å². The first-order valence-electron chi connectivity index (χ1n) is 30.4. The largest absolute Gasteiger partial charge is 0.468 e. The van der Waals surface area contributed by atoms with E-state index in [4.69, 9.17) is 4.42 Å². The standard InChI is InChI=1S/C78H90BN3O/c1-72(2,3)50-27-25-49(26-28-50)61-45-54(76(13,14)15)35-43-64(61)82-65-44-36-55(77(16,17)18)46-63(65)79-68-66(81(58-41-33-53(34-42-58)75(10,11)12)69-60-23-22-24-62(78(19,20)21)70(60)83-71(69)79)47-59(48-67(68)82)80(56-37-29-51(30-38-56)73(4,5)6)57-39-31-52(32-40-57)74(7,8)9/h22-48H,1-21H3. The summed E-state index contributed by atoms with van der Waals surface area (Å²) in [5.74, 6) is 0. The van der Waals surface area contributed by atoms with E-state index in [9.17, 15) is 0 Å². The molecule has 0 amide bonds. The van der Waals surface area contributed by atoms with Gasteiger partial charge in [-0.3, -0.25) is 0 Å². The van der Waals surface area contributed by atoms with Crippen molar-refractivity contribution in [3.63, 3.8) is 0 Å². The third kappa shape index (κ3) is 10.4. The van der Waals surface area contributed by atoms with Crippen molar-refractivity contribution in [2.45, 2.75) is 183 Å². The number of nitrogens with zero attached hydrogens (tertiary/aromatic N) is 3. The molecule has 83 heavy (non-hydrogen) atoms. The van der Waals surface area contributed by atoms with E-state index in [2.05, 4.69) is 324 Å². The minimum atomic E-state index is -0.253. The van der Waals surface area contributed by atoms with Crippen LogP contribution in [0, 0.1) is 0 Å². The van der Waals surface area contributed by atoms with Crippen LogP contribution in [0.4, 0.5) is 51.2 Å². The summed E-state index contributed by atoms with van der Waals surface area (Å²) in [6.07, 6.45) is 0. The van der Waals surface area contributed by atoms with Gasteiger partial charge in [0.15, 0.2) is 0 Å². The molecular formula is C78H90BN3O. The summed E-state index contributed by atoms with van der Waals surface area (Å²) >= 11 is 0. The van der Waals surface area contributed by atoms with Crippen molar-refractivity contribution in [1.29, 1.82) is 0 Å². The zero-order valence-electron chi connectivity index (χ0n) is 53.9. The first kappa shape index (κ1) is 57.6. The van der Waals surface area contributed by atoms with Crippen LogP contribution < -0.4 is 31.3 Å². The first-order valence-corrected chi connectivity index (χ1v) is 30.4. The van der Waals surface area contributed by atoms with Crippen molar-refractivity contribution in [1.82, 2.24) is 0 Å². The molecule has 8 aromatic carbocycles. The van der Waals surface area contributed by atoms with E-state index < -0.39 is 0 Å². The number of furan rings is 1. The van der Waals surface area contributed by atoms with Crippen molar-refractivity contribution in [2.24, 2.45) is 0 Å². The Bertz CT molecular complexity index is 3860. The van der Waals surface area contributed by atoms with Crippen LogP contribution in [0.15, 0.2) is 168 Å². The van der Waals surface area contributed by atoms with E-state index in [1.807, 2.05) is 0 Å². The first-order chi connectivity index (χ1) is 38.6. The van der Waals surface area contributed by atoms with Gasteiger partial charge < -0.3 is 19.1 Å². The fourth-order valence-electron chi connectivity index (χ4n) is 12.6. The summed E-state index contributed by atoms with van der Waals surface area (Å²) in [5, 5.41) is 1.12. The van der Waals surface area contributed by atoms with Crippen LogP contribution in [0.3, 0.4) is 0 Å². The molecule has 0 spiro atoms. The van der Waals surface area contributed by atoms with Gasteiger partial charge in [0.2, 0.25) is 0 Å². The lowest BCUT2D eigenvalue weighted by atomic mass is 9.35. The topological polar surface area (TPSA) is 22.9 Å². The van der Waals surface area contributed by atoms with Crippen LogP contribution >= 0.6 is 0 Å². The summed E-state index contributed by atoms with van der Waals surface area (Å²) in [6.45, 7) is 48.3. The minimum absolute atomic E-state index is 0.00774. The minimum Gasteiger partial charge on any atom is -0.468 e. The highest BCUT2D eigenvalue weighted by Crippen LogP contribution is 2.53. The Morgan fingerprint density at radius 2 is 0.783 bits per heavy atom. The molecule has 426 valence electrons. The Morgan fingerprint density at radius 1 is 0.361 bits per heavy atom. The molecule has 0 bridgehead atoms. The third-order valence-electron chi connectivity index (χ3n) is 17.7. The Hall–Kier alpha value is -7.24. The van der Waals surface area contributed by atoms with Gasteiger partial charge in [0, 0.05) is 50.6 Å². The fraction of sp³-hybridized carbons (Fsp3) is 0.359. The van der Waals surface area contributed by atoms with Crippen LogP contribution in [0.1, 0.15) is 184 Å². The monoisotopic (exact) mass is 1100 g/mol. The van der Waals surface area contributed by atoms with Crippen LogP contribution in [-0.2, 0) is 37.9 Å². The van der Waals surface area contributed by atoms with Gasteiger partial charge >= 0.3 is 0 Å². The molecule has 9 aromatic rings. The molecule has 0 saturated carbocycles. The summed E-state index contributed by atoms with van der Waals surface area (Å²) in [7, 11) is 0. The van der Waals surface area contributed by atoms with E-state index in [0.29, 0.717) is 0 Å². The molecule has 0 N–H and O–H groups in total. The molecular weight excluding hydrogens is 1010 g/mol. The van der Waals surface area contributed by atoms with Crippen LogP contribution in [-0.4, -0.2) is 6.71 Å². The third-order valence-corrected chi connectivity index (χ3v) is 17.7. The summed E-state index contributed by atoms with van der Waals surface area (Å²) in [6, 6.07) is 63.8. The van der Waals surface area contributed by atoms with Crippen molar-refractivity contribution >= 4 is 85.5 Å². The van der Waals surface area contributed by atoms with Gasteiger partial charge in [-0.1, -0.05) is 236 Å². The molecule has 0 aliphatic carbocycles. The van der Waals surface area contributed by atoms with Crippen molar-refractivity contribution in [2.75, 3.05) is 14.7 Å². The van der Waals surface area contributed by atoms with Gasteiger partial charge in [0.1, 0.15) is 5.58 Å². The van der Waals surface area contributed by atoms with Gasteiger partial charge in [-0.2, -0.15) is 0 Å². The molecule has 2 aliphatic rings. The van der Waals surface area contributed by atoms with Gasteiger partial charge in [-0.15, -0.1) is 0 Å². The lowest BCUT2D eigenvalue weighted by Crippen LogP contribution is -2.61. The number of fused-ring (bicyclic) bond motifs is 6. The predicted molar refractivity (Wildman–Crippen MR) is 361 cm³/mol. The van der Waals surface area contributed by atoms with E-state index in [-0.39, 0.29) is 44.6 Å². The smallest absolute Gasteiger partial charge is 0.297 e. The van der Waals surface area contributed by atoms with Crippen LogP contribution in [0.25, 0.3) is 22.1 Å². The lowest BCUT2D eigenvalue weighted by molar-refractivity contribution is 0.569. The molecule has 3 heterocycles. The average molecular weight is 1100 g/mol. The van der Waals surface area contributed by atoms with Gasteiger partial charge in [-0.05, 0) is 161 Å². The Morgan fingerprint density at radius 3 is 1.25 bits per heavy atom. The number of hydrogen-bond acceptors (Lipinski definition) is 4. The molecule has 11 rings (SSSR count). The van der Waals surface area contributed by atoms with E-state index in [1.165, 1.54) is 61.0 Å². The molecule has 1 aromatic heterocycles. The number of para-hydroxylation sites is 1. The SMILES string of the molecule is CC(C)(C)c1ccc(-c2cc(C(C)(C)C)ccc2N2c3ccc(C(C)(C)C)cc3B3c4oc5c(C(C)(C)C)cccc5c4N(c4ccc(C(C)(C)C)cc4)c4cc(N(c5ccc(C(C)(C)C)cc5)c5ccc(C(C)(C)C)cc5)cc2c43)cc1. The quantitative estimate of drug-likeness (QED) is 0.155. The van der Waals surface area contributed by atoms with E-state index in [1.54, 1.807) is 0 Å². The molecule has 0 atom stereocenters. The highest BCUT2D eigenvalue weighted by molar-refractivity contribution is 7.00. The second-order valence-corrected chi connectivity index (χ2v) is 31.3. The Balaban J connectivity index is 1.32. The number of hydrogen-bond donors (Lipinski definition) is 0. The van der Waals surface area contributed by atoms with Crippen molar-refractivity contribution < 1.29 is 4.42 Å².